The standard InChI is InChI=1S/C26H36N2O3.C24H31NO4.C22H27NO4.C18H23NO7/c1-16(2)31-23-15-20-18(13-22(23)30-6)11-12-28-21(25(29)27-26(3,4)5)14-19(24(20)28)17-9-7-8-10-17;1-5-28-24(26)20-13-18(16-8-6-7-9-16)23-19-14-22(29-15(2)3)21(27-4)12-17(19)10-11-25(20)23;1-13(2)27-20-12-17-15(10-19(20)26-3)8-9-23-18(22(24)25)11-16(21(17)23)14-6-4-5-7-14;1-5-25-18(23)16(20)19-7-6-11-8-13(24-4)14(26-10(2)3)9-12(11)15(19)17(21)22/h13-17H,7-12H2,1-6H3,(H,27,29);12-16H,5-11H2,1-4H3;10-14H,4-9H2,1-3H3,(H,24,25);8-10,15H,5-7H2,1-4H3,(H,21,22). The van der Waals surface area contributed by atoms with Crippen molar-refractivity contribution in [1.82, 2.24) is 23.9 Å². The molecule has 0 spiro atoms. The first-order chi connectivity index (χ1) is 54.0. The number of methoxy groups -OCH3 is 4. The highest BCUT2D eigenvalue weighted by molar-refractivity contribution is 6.32. The number of carboxylic acid groups (broad SMARTS) is 2. The molecule has 23 heteroatoms. The molecule has 1 atom stereocenters. The predicted octanol–water partition coefficient (Wildman–Crippen LogP) is 17.5. The number of nitrogens with zero attached hydrogens (tertiary/aromatic N) is 4. The van der Waals surface area contributed by atoms with Gasteiger partial charge in [0.15, 0.2) is 52.0 Å². The van der Waals surface area contributed by atoms with Gasteiger partial charge in [-0.05, 0) is 283 Å². The highest BCUT2D eigenvalue weighted by Gasteiger charge is 2.41. The smallest absolute Gasteiger partial charge is 0.397 e. The number of carbonyl (C=O) groups excluding carboxylic acids is 4. The minimum atomic E-state index is -1.30. The van der Waals surface area contributed by atoms with Crippen molar-refractivity contribution < 1.29 is 86.3 Å². The van der Waals surface area contributed by atoms with E-state index >= 15 is 0 Å². The summed E-state index contributed by atoms with van der Waals surface area (Å²) in [5.74, 6) is 2.54. The van der Waals surface area contributed by atoms with Crippen molar-refractivity contribution in [3.63, 3.8) is 0 Å². The van der Waals surface area contributed by atoms with Gasteiger partial charge in [0.1, 0.15) is 17.1 Å². The number of nitrogens with one attached hydrogen (secondary N) is 1. The first-order valence-electron chi connectivity index (χ1n) is 40.6. The van der Waals surface area contributed by atoms with E-state index in [1.165, 1.54) is 116 Å². The number of esters is 2. The van der Waals surface area contributed by atoms with Crippen LogP contribution in [0.25, 0.3) is 33.8 Å². The lowest BCUT2D eigenvalue weighted by Gasteiger charge is -2.34. The highest BCUT2D eigenvalue weighted by Crippen LogP contribution is 2.51. The van der Waals surface area contributed by atoms with Crippen LogP contribution in [0.3, 0.4) is 0 Å². The van der Waals surface area contributed by atoms with Gasteiger partial charge in [-0.25, -0.2) is 19.2 Å². The van der Waals surface area contributed by atoms with Gasteiger partial charge in [-0.1, -0.05) is 38.5 Å². The van der Waals surface area contributed by atoms with E-state index in [0.29, 0.717) is 65.8 Å². The molecule has 610 valence electrons. The van der Waals surface area contributed by atoms with E-state index < -0.39 is 29.9 Å². The van der Waals surface area contributed by atoms with Crippen molar-refractivity contribution in [2.75, 3.05) is 48.2 Å². The van der Waals surface area contributed by atoms with Crippen molar-refractivity contribution in [3.05, 3.63) is 128 Å². The topological polar surface area (TPSA) is 265 Å². The Morgan fingerprint density at radius 2 is 0.761 bits per heavy atom. The fourth-order valence-corrected chi connectivity index (χ4v) is 17.3. The molecule has 2 amide bonds. The summed E-state index contributed by atoms with van der Waals surface area (Å²) < 4.78 is 62.4. The van der Waals surface area contributed by atoms with Crippen LogP contribution in [-0.2, 0) is 69.2 Å². The minimum Gasteiger partial charge on any atom is -0.493 e. The molecule has 3 aliphatic carbocycles. The third-order valence-corrected chi connectivity index (χ3v) is 22.0. The first kappa shape index (κ1) is 83.9. The molecule has 7 aliphatic rings. The van der Waals surface area contributed by atoms with Crippen LogP contribution in [0, 0.1) is 0 Å². The molecule has 3 N–H and O–H groups in total. The van der Waals surface area contributed by atoms with Crippen molar-refractivity contribution in [3.8, 4) is 79.8 Å². The summed E-state index contributed by atoms with van der Waals surface area (Å²) in [6.07, 6.45) is 17.4. The number of aromatic nitrogens is 3. The molecule has 7 aromatic rings. The van der Waals surface area contributed by atoms with E-state index in [4.69, 9.17) is 47.4 Å². The van der Waals surface area contributed by atoms with E-state index in [9.17, 15) is 39.0 Å². The number of fused-ring (bicyclic) bond motifs is 10. The van der Waals surface area contributed by atoms with Gasteiger partial charge in [-0.3, -0.25) is 9.59 Å². The van der Waals surface area contributed by atoms with Crippen LogP contribution < -0.4 is 43.2 Å². The number of ether oxygens (including phenoxy) is 10. The Hall–Kier alpha value is -10.1. The number of benzene rings is 4. The molecule has 7 heterocycles. The fourth-order valence-electron chi connectivity index (χ4n) is 17.3. The second-order valence-electron chi connectivity index (χ2n) is 32.4. The Labute approximate surface area is 665 Å². The van der Waals surface area contributed by atoms with Gasteiger partial charge in [0.05, 0.1) is 83.2 Å². The molecule has 113 heavy (non-hydrogen) atoms. The third-order valence-electron chi connectivity index (χ3n) is 22.0. The maximum Gasteiger partial charge on any atom is 0.397 e. The first-order valence-corrected chi connectivity index (χ1v) is 40.6. The molecule has 3 saturated carbocycles. The van der Waals surface area contributed by atoms with E-state index in [1.54, 1.807) is 40.4 Å². The number of hydrogen-bond acceptors (Lipinski definition) is 16. The Kier molecular flexibility index (Phi) is 27.0. The predicted molar refractivity (Wildman–Crippen MR) is 433 cm³/mol. The normalized spacial score (nSPS) is 16.1. The molecule has 0 bridgehead atoms. The lowest BCUT2D eigenvalue weighted by atomic mass is 9.90. The second kappa shape index (κ2) is 36.4. The van der Waals surface area contributed by atoms with Gasteiger partial charge in [-0.15, -0.1) is 0 Å². The monoisotopic (exact) mass is 1560 g/mol. The Morgan fingerprint density at radius 1 is 0.425 bits per heavy atom. The average Bonchev–Trinajstić information content (AvgIpc) is 1.62. The summed E-state index contributed by atoms with van der Waals surface area (Å²) in [4.78, 5) is 74.8. The van der Waals surface area contributed by atoms with E-state index in [2.05, 4.69) is 56.9 Å². The summed E-state index contributed by atoms with van der Waals surface area (Å²) in [5, 5.41) is 22.6. The molecule has 4 aromatic carbocycles. The summed E-state index contributed by atoms with van der Waals surface area (Å²) in [5.41, 5.74) is 17.1. The number of aryl methyl sites for hydroxylation is 3. The van der Waals surface area contributed by atoms with E-state index in [1.807, 2.05) is 99.8 Å². The highest BCUT2D eigenvalue weighted by atomic mass is 16.6. The maximum atomic E-state index is 13.2. The number of aliphatic carboxylic acids is 1. The van der Waals surface area contributed by atoms with E-state index in [0.717, 1.165) is 118 Å². The average molecular weight is 1560 g/mol. The molecular weight excluding hydrogens is 1440 g/mol. The molecule has 0 radical (unpaired) electrons. The SMILES string of the molecule is CCOC(=O)C(=O)N1CCc2cc(OC)c(OC(C)C)cc2C1C(=O)O.CCOC(=O)c1cc(C2CCCC2)c2n1CCc1cc(OC)c(OC(C)C)cc1-2.COc1cc2c(cc1OC(C)C)-c1c(C3CCCC3)cc(C(=O)NC(C)(C)C)n1CC2.COc1cc2c(cc1OC(C)C)-c1c(C3CCCC3)cc(C(=O)O)n1CC2. The van der Waals surface area contributed by atoms with Crippen LogP contribution in [-0.4, -0.2) is 143 Å². The van der Waals surface area contributed by atoms with Crippen molar-refractivity contribution in [2.45, 2.75) is 266 Å². The maximum absolute atomic E-state index is 13.2. The molecule has 4 aliphatic heterocycles. The Balaban J connectivity index is 0.000000149. The van der Waals surface area contributed by atoms with Crippen LogP contribution in [0.4, 0.5) is 0 Å². The van der Waals surface area contributed by atoms with Crippen LogP contribution in [0.15, 0.2) is 66.7 Å². The second-order valence-corrected chi connectivity index (χ2v) is 32.4. The van der Waals surface area contributed by atoms with Crippen LogP contribution in [0.1, 0.15) is 267 Å². The van der Waals surface area contributed by atoms with E-state index in [-0.39, 0.29) is 55.0 Å². The molecule has 3 aromatic heterocycles. The number of hydrogen-bond donors (Lipinski definition) is 3. The van der Waals surface area contributed by atoms with Crippen LogP contribution >= 0.6 is 0 Å². The summed E-state index contributed by atoms with van der Waals surface area (Å²) in [6, 6.07) is 20.7. The van der Waals surface area contributed by atoms with Gasteiger partial charge >= 0.3 is 29.8 Å². The summed E-state index contributed by atoms with van der Waals surface area (Å²) in [6.45, 7) is 28.0. The summed E-state index contributed by atoms with van der Waals surface area (Å²) >= 11 is 0. The van der Waals surface area contributed by atoms with Gasteiger partial charge in [0, 0.05) is 48.4 Å². The molecule has 1 unspecified atom stereocenters. The van der Waals surface area contributed by atoms with Crippen LogP contribution in [0.2, 0.25) is 0 Å². The number of carbonyl (C=O) groups is 6. The molecule has 14 rings (SSSR count). The fraction of sp³-hybridized carbons (Fsp3) is 0.533. The lowest BCUT2D eigenvalue weighted by Crippen LogP contribution is -2.46. The zero-order valence-corrected chi connectivity index (χ0v) is 69.2. The third kappa shape index (κ3) is 18.6. The Bertz CT molecular complexity index is 4620. The van der Waals surface area contributed by atoms with Crippen molar-refractivity contribution in [2.24, 2.45) is 0 Å². The molecule has 23 nitrogen and oxygen atoms in total. The number of carboxylic acids is 2. The molecule has 0 saturated heterocycles. The van der Waals surface area contributed by atoms with Gasteiger partial charge in [-0.2, -0.15) is 0 Å². The largest absolute Gasteiger partial charge is 0.493 e. The lowest BCUT2D eigenvalue weighted by molar-refractivity contribution is -0.164. The van der Waals surface area contributed by atoms with Gasteiger partial charge < -0.3 is 81.5 Å². The molecule has 3 fully saturated rings. The molecular formula is C90H117N5O18. The van der Waals surface area contributed by atoms with Gasteiger partial charge in [0.2, 0.25) is 0 Å². The zero-order chi connectivity index (χ0) is 81.4. The van der Waals surface area contributed by atoms with Crippen molar-refractivity contribution >= 4 is 35.7 Å². The van der Waals surface area contributed by atoms with Crippen molar-refractivity contribution in [1.29, 1.82) is 0 Å². The van der Waals surface area contributed by atoms with Gasteiger partial charge in [0.25, 0.3) is 5.91 Å². The number of amides is 2. The Morgan fingerprint density at radius 3 is 1.11 bits per heavy atom. The summed E-state index contributed by atoms with van der Waals surface area (Å²) in [7, 11) is 6.54. The quantitative estimate of drug-likeness (QED) is 0.0446. The number of rotatable bonds is 21. The zero-order valence-electron chi connectivity index (χ0n) is 69.2. The van der Waals surface area contributed by atoms with Crippen LogP contribution in [0.5, 0.6) is 46.0 Å². The number of aromatic carboxylic acids is 1. The minimum absolute atomic E-state index is 0.00797.